The number of nitrogens with one attached hydrogen (secondary N) is 1. The summed E-state index contributed by atoms with van der Waals surface area (Å²) in [4.78, 5) is 22.9. The van der Waals surface area contributed by atoms with Gasteiger partial charge in [-0.25, -0.2) is 9.07 Å². The second-order valence-corrected chi connectivity index (χ2v) is 8.91. The van der Waals surface area contributed by atoms with Crippen LogP contribution in [0.4, 0.5) is 4.39 Å². The third-order valence-corrected chi connectivity index (χ3v) is 6.30. The second-order valence-electron chi connectivity index (χ2n) is 8.91. The van der Waals surface area contributed by atoms with Crippen LogP contribution in [0.2, 0.25) is 0 Å². The summed E-state index contributed by atoms with van der Waals surface area (Å²) in [5.74, 6) is -0.0218. The lowest BCUT2D eigenvalue weighted by Gasteiger charge is -2.21. The number of amides is 2. The smallest absolute Gasteiger partial charge is 0.255 e. The average molecular weight is 459 g/mol. The Morgan fingerprint density at radius 3 is 2.91 bits per heavy atom. The van der Waals surface area contributed by atoms with E-state index in [0.717, 1.165) is 49.8 Å². The molecule has 2 amide bonds. The highest BCUT2D eigenvalue weighted by Crippen LogP contribution is 2.32. The van der Waals surface area contributed by atoms with Gasteiger partial charge in [-0.15, -0.1) is 5.10 Å². The van der Waals surface area contributed by atoms with Crippen molar-refractivity contribution >= 4 is 11.8 Å². The number of nitrogens with zero attached hydrogens (tertiary/aromatic N) is 3. The molecule has 1 unspecified atom stereocenters. The first-order valence-corrected chi connectivity index (χ1v) is 11.8. The van der Waals surface area contributed by atoms with Gasteiger partial charge in [0.05, 0.1) is 18.5 Å². The molecule has 178 valence electrons. The number of aromatic nitrogens is 3. The zero-order valence-corrected chi connectivity index (χ0v) is 19.0. The molecule has 1 saturated heterocycles. The maximum absolute atomic E-state index is 14.2. The molecule has 1 aliphatic carbocycles. The highest BCUT2D eigenvalue weighted by molar-refractivity contribution is 5.99. The van der Waals surface area contributed by atoms with Crippen molar-refractivity contribution in [2.75, 3.05) is 13.2 Å². The van der Waals surface area contributed by atoms with E-state index < -0.39 is 6.10 Å². The monoisotopic (exact) mass is 458 g/mol. The number of halogens is 1. The molecule has 2 fully saturated rings. The fourth-order valence-electron chi connectivity index (χ4n) is 4.04. The highest BCUT2D eigenvalue weighted by atomic mass is 19.1. The van der Waals surface area contributed by atoms with E-state index in [0.29, 0.717) is 31.2 Å². The van der Waals surface area contributed by atoms with E-state index in [1.165, 1.54) is 6.07 Å². The van der Waals surface area contributed by atoms with Gasteiger partial charge in [0.15, 0.2) is 11.6 Å². The summed E-state index contributed by atoms with van der Waals surface area (Å²) in [7, 11) is 0. The summed E-state index contributed by atoms with van der Waals surface area (Å²) in [5, 5.41) is 10.6. The predicted molar refractivity (Wildman–Crippen MR) is 118 cm³/mol. The van der Waals surface area contributed by atoms with E-state index in [1.807, 2.05) is 16.8 Å². The van der Waals surface area contributed by atoms with Gasteiger partial charge in [-0.2, -0.15) is 0 Å². The van der Waals surface area contributed by atoms with Crippen LogP contribution in [0.15, 0.2) is 24.4 Å². The van der Waals surface area contributed by atoms with Gasteiger partial charge in [-0.1, -0.05) is 18.2 Å². The van der Waals surface area contributed by atoms with Crippen molar-refractivity contribution < 1.29 is 23.5 Å². The minimum atomic E-state index is -0.565. The Balaban J connectivity index is 1.30. The standard InChI is InChI=1S/C24H31FN4O4/c1-2-17(18-9-10-20(25)22(11-18)32-14-16-7-8-16)13-29-19(12-26-28-29)5-3-4-6-21-24(31)27-23(30)15-33-21/h9-12,16-17,21H,2-8,13-15H2,1H3,(H,27,30,31)/t17-,21?/m0/s1. The normalized spacial score (nSPS) is 19.4. The second kappa shape index (κ2) is 10.9. The van der Waals surface area contributed by atoms with Gasteiger partial charge >= 0.3 is 0 Å². The first kappa shape index (κ1) is 23.4. The van der Waals surface area contributed by atoms with Gasteiger partial charge in [0.2, 0.25) is 0 Å². The molecule has 1 aliphatic heterocycles. The first-order chi connectivity index (χ1) is 16.0. The van der Waals surface area contributed by atoms with Gasteiger partial charge in [0.25, 0.3) is 11.8 Å². The number of carbonyl (C=O) groups is 2. The lowest BCUT2D eigenvalue weighted by atomic mass is 9.96. The molecule has 2 aromatic rings. The van der Waals surface area contributed by atoms with Crippen LogP contribution in [-0.4, -0.2) is 46.1 Å². The number of unbranched alkanes of at least 4 members (excludes halogenated alkanes) is 1. The van der Waals surface area contributed by atoms with E-state index in [-0.39, 0.29) is 30.2 Å². The van der Waals surface area contributed by atoms with Crippen molar-refractivity contribution in [3.05, 3.63) is 41.5 Å². The molecule has 8 nitrogen and oxygen atoms in total. The van der Waals surface area contributed by atoms with Crippen molar-refractivity contribution in [1.29, 1.82) is 0 Å². The van der Waals surface area contributed by atoms with Crippen LogP contribution in [0.5, 0.6) is 5.75 Å². The molecule has 2 heterocycles. The maximum atomic E-state index is 14.2. The van der Waals surface area contributed by atoms with Crippen molar-refractivity contribution in [3.8, 4) is 5.75 Å². The van der Waals surface area contributed by atoms with Crippen molar-refractivity contribution in [1.82, 2.24) is 20.3 Å². The number of morpholine rings is 1. The lowest BCUT2D eigenvalue weighted by Crippen LogP contribution is -2.48. The SMILES string of the molecule is CC[C@@H](Cn1nncc1CCCCC1OCC(=O)NC1=O)c1ccc(F)c(OCC2CC2)c1. The molecule has 9 heteroatoms. The Labute approximate surface area is 192 Å². The van der Waals surface area contributed by atoms with Gasteiger partial charge in [0, 0.05) is 12.5 Å². The summed E-state index contributed by atoms with van der Waals surface area (Å²) < 4.78 is 27.1. The van der Waals surface area contributed by atoms with Gasteiger partial charge in [-0.05, 0) is 68.6 Å². The summed E-state index contributed by atoms with van der Waals surface area (Å²) >= 11 is 0. The summed E-state index contributed by atoms with van der Waals surface area (Å²) in [5.41, 5.74) is 2.05. The fraction of sp³-hybridized carbons (Fsp3) is 0.583. The molecule has 1 N–H and O–H groups in total. The van der Waals surface area contributed by atoms with Crippen molar-refractivity contribution in [2.24, 2.45) is 5.92 Å². The third-order valence-electron chi connectivity index (χ3n) is 6.30. The topological polar surface area (TPSA) is 95.3 Å². The maximum Gasteiger partial charge on any atom is 0.255 e. The van der Waals surface area contributed by atoms with E-state index in [4.69, 9.17) is 9.47 Å². The molecule has 1 aromatic carbocycles. The molecule has 0 radical (unpaired) electrons. The summed E-state index contributed by atoms with van der Waals surface area (Å²) in [6.07, 6.45) is 7.38. The Morgan fingerprint density at radius 1 is 1.30 bits per heavy atom. The number of carbonyl (C=O) groups excluding carboxylic acids is 2. The van der Waals surface area contributed by atoms with E-state index >= 15 is 0 Å². The first-order valence-electron chi connectivity index (χ1n) is 11.8. The largest absolute Gasteiger partial charge is 0.490 e. The Hall–Kier alpha value is -2.81. The number of hydrogen-bond acceptors (Lipinski definition) is 6. The number of hydrogen-bond donors (Lipinski definition) is 1. The zero-order chi connectivity index (χ0) is 23.2. The third kappa shape index (κ3) is 6.37. The molecule has 2 aliphatic rings. The van der Waals surface area contributed by atoms with Crippen LogP contribution < -0.4 is 10.1 Å². The quantitative estimate of drug-likeness (QED) is 0.388. The molecular formula is C24H31FN4O4. The van der Waals surface area contributed by atoms with Crippen LogP contribution in [0.25, 0.3) is 0 Å². The minimum Gasteiger partial charge on any atom is -0.490 e. The number of imide groups is 1. The molecule has 4 rings (SSSR count). The molecule has 0 spiro atoms. The Bertz CT molecular complexity index is 975. The van der Waals surface area contributed by atoms with E-state index in [2.05, 4.69) is 22.6 Å². The van der Waals surface area contributed by atoms with Crippen LogP contribution in [0.3, 0.4) is 0 Å². The van der Waals surface area contributed by atoms with E-state index in [1.54, 1.807) is 6.20 Å². The van der Waals surface area contributed by atoms with Crippen molar-refractivity contribution in [2.45, 2.75) is 70.4 Å². The molecular weight excluding hydrogens is 427 g/mol. The van der Waals surface area contributed by atoms with Crippen LogP contribution >= 0.6 is 0 Å². The summed E-state index contributed by atoms with van der Waals surface area (Å²) in [6.45, 7) is 3.27. The number of ether oxygens (including phenoxy) is 2. The van der Waals surface area contributed by atoms with Crippen LogP contribution in [0.1, 0.15) is 62.6 Å². The minimum absolute atomic E-state index is 0.0672. The molecule has 1 saturated carbocycles. The average Bonchev–Trinajstić information content (AvgIpc) is 3.53. The van der Waals surface area contributed by atoms with Gasteiger partial charge in [-0.3, -0.25) is 14.9 Å². The molecule has 0 bridgehead atoms. The van der Waals surface area contributed by atoms with Crippen molar-refractivity contribution in [3.63, 3.8) is 0 Å². The Morgan fingerprint density at radius 2 is 2.15 bits per heavy atom. The highest BCUT2D eigenvalue weighted by Gasteiger charge is 2.27. The molecule has 2 atom stereocenters. The van der Waals surface area contributed by atoms with Crippen LogP contribution in [0, 0.1) is 11.7 Å². The van der Waals surface area contributed by atoms with E-state index in [9.17, 15) is 14.0 Å². The lowest BCUT2D eigenvalue weighted by molar-refractivity contribution is -0.150. The Kier molecular flexibility index (Phi) is 7.69. The van der Waals surface area contributed by atoms with Gasteiger partial charge < -0.3 is 9.47 Å². The fourth-order valence-corrected chi connectivity index (χ4v) is 4.04. The predicted octanol–water partition coefficient (Wildman–Crippen LogP) is 3.15. The number of rotatable bonds is 12. The molecule has 33 heavy (non-hydrogen) atoms. The number of aryl methyl sites for hydroxylation is 1. The zero-order valence-electron chi connectivity index (χ0n) is 19.0. The number of benzene rings is 1. The van der Waals surface area contributed by atoms with Crippen LogP contribution in [-0.2, 0) is 27.3 Å². The van der Waals surface area contributed by atoms with Gasteiger partial charge in [0.1, 0.15) is 12.7 Å². The molecule has 1 aromatic heterocycles. The summed E-state index contributed by atoms with van der Waals surface area (Å²) in [6, 6.07) is 5.13.